The van der Waals surface area contributed by atoms with Gasteiger partial charge in [0.25, 0.3) is 0 Å². The van der Waals surface area contributed by atoms with E-state index in [1.54, 1.807) is 19.2 Å². The molecule has 4 heteroatoms. The summed E-state index contributed by atoms with van der Waals surface area (Å²) in [7, 11) is 1.63. The lowest BCUT2D eigenvalue weighted by atomic mass is 9.98. The highest BCUT2D eigenvalue weighted by Gasteiger charge is 2.29. The van der Waals surface area contributed by atoms with Crippen molar-refractivity contribution in [2.45, 2.75) is 12.8 Å². The van der Waals surface area contributed by atoms with Crippen LogP contribution in [0, 0.1) is 11.7 Å². The Balaban J connectivity index is 1.90. The normalized spacial score (nSPS) is 19.6. The molecular formula is C14H18FNO2. The Bertz CT molecular complexity index is 422. The molecule has 0 radical (unpaired) electrons. The number of amides is 1. The Labute approximate surface area is 107 Å². The first kappa shape index (κ1) is 13.0. The summed E-state index contributed by atoms with van der Waals surface area (Å²) in [6.45, 7) is 1.96. The van der Waals surface area contributed by atoms with Crippen LogP contribution in [-0.4, -0.2) is 37.6 Å². The molecule has 0 unspecified atom stereocenters. The number of ether oxygens (including phenoxy) is 1. The van der Waals surface area contributed by atoms with E-state index in [4.69, 9.17) is 4.74 Å². The summed E-state index contributed by atoms with van der Waals surface area (Å²) in [5, 5.41) is 0. The molecule has 1 heterocycles. The number of benzene rings is 1. The van der Waals surface area contributed by atoms with Crippen molar-refractivity contribution in [2.24, 2.45) is 5.92 Å². The second-order valence-corrected chi connectivity index (χ2v) is 4.74. The van der Waals surface area contributed by atoms with E-state index in [0.29, 0.717) is 19.6 Å². The number of methoxy groups -OCH3 is 1. The zero-order chi connectivity index (χ0) is 13.0. The Hall–Kier alpha value is -1.42. The molecule has 1 aromatic rings. The van der Waals surface area contributed by atoms with Gasteiger partial charge in [0.2, 0.25) is 5.91 Å². The van der Waals surface area contributed by atoms with Gasteiger partial charge in [-0.15, -0.1) is 0 Å². The summed E-state index contributed by atoms with van der Waals surface area (Å²) >= 11 is 0. The van der Waals surface area contributed by atoms with Gasteiger partial charge in [-0.3, -0.25) is 4.79 Å². The molecule has 18 heavy (non-hydrogen) atoms. The van der Waals surface area contributed by atoms with Crippen molar-refractivity contribution < 1.29 is 13.9 Å². The minimum absolute atomic E-state index is 0.174. The SMILES string of the molecule is COCCN1C[C@H](Cc2cccc(F)c2)CC1=O. The van der Waals surface area contributed by atoms with E-state index in [2.05, 4.69) is 0 Å². The van der Waals surface area contributed by atoms with Crippen molar-refractivity contribution in [1.82, 2.24) is 4.90 Å². The number of halogens is 1. The molecule has 0 aromatic heterocycles. The first-order chi connectivity index (χ1) is 8.69. The zero-order valence-corrected chi connectivity index (χ0v) is 10.6. The number of rotatable bonds is 5. The molecule has 3 nitrogen and oxygen atoms in total. The van der Waals surface area contributed by atoms with Crippen LogP contribution in [0.4, 0.5) is 4.39 Å². The van der Waals surface area contributed by atoms with Gasteiger partial charge in [0.15, 0.2) is 0 Å². The standard InChI is InChI=1S/C14H18FNO2/c1-18-6-5-16-10-12(9-14(16)17)7-11-3-2-4-13(15)8-11/h2-4,8,12H,5-7,9-10H2,1H3/t12-/m1/s1. The van der Waals surface area contributed by atoms with Crippen molar-refractivity contribution in [3.63, 3.8) is 0 Å². The smallest absolute Gasteiger partial charge is 0.223 e. The van der Waals surface area contributed by atoms with Gasteiger partial charge in [-0.2, -0.15) is 0 Å². The second kappa shape index (κ2) is 5.96. The minimum Gasteiger partial charge on any atom is -0.383 e. The van der Waals surface area contributed by atoms with Crippen LogP contribution in [0.15, 0.2) is 24.3 Å². The molecule has 1 saturated heterocycles. The van der Waals surface area contributed by atoms with E-state index in [1.807, 2.05) is 11.0 Å². The summed E-state index contributed by atoms with van der Waals surface area (Å²) in [4.78, 5) is 13.6. The fraction of sp³-hybridized carbons (Fsp3) is 0.500. The van der Waals surface area contributed by atoms with E-state index < -0.39 is 0 Å². The molecule has 98 valence electrons. The Morgan fingerprint density at radius 3 is 3.06 bits per heavy atom. The highest BCUT2D eigenvalue weighted by molar-refractivity contribution is 5.78. The molecule has 0 aliphatic carbocycles. The third kappa shape index (κ3) is 3.29. The molecule has 1 fully saturated rings. The molecule has 1 atom stereocenters. The first-order valence-electron chi connectivity index (χ1n) is 6.20. The van der Waals surface area contributed by atoms with E-state index in [9.17, 15) is 9.18 Å². The van der Waals surface area contributed by atoms with Gasteiger partial charge in [0.05, 0.1) is 6.61 Å². The molecule has 0 spiro atoms. The second-order valence-electron chi connectivity index (χ2n) is 4.74. The molecule has 1 aromatic carbocycles. The molecule has 0 saturated carbocycles. The number of carbonyl (C=O) groups excluding carboxylic acids is 1. The lowest BCUT2D eigenvalue weighted by Gasteiger charge is -2.15. The zero-order valence-electron chi connectivity index (χ0n) is 10.6. The Kier molecular flexibility index (Phi) is 4.31. The van der Waals surface area contributed by atoms with Gasteiger partial charge >= 0.3 is 0 Å². The van der Waals surface area contributed by atoms with Gasteiger partial charge in [-0.05, 0) is 30.0 Å². The summed E-state index contributed by atoms with van der Waals surface area (Å²) in [6.07, 6.45) is 1.31. The molecule has 2 rings (SSSR count). The van der Waals surface area contributed by atoms with E-state index in [0.717, 1.165) is 18.5 Å². The minimum atomic E-state index is -0.215. The van der Waals surface area contributed by atoms with Crippen LogP contribution in [0.3, 0.4) is 0 Å². The van der Waals surface area contributed by atoms with Gasteiger partial charge in [0.1, 0.15) is 5.82 Å². The summed E-state index contributed by atoms with van der Waals surface area (Å²) < 4.78 is 18.0. The van der Waals surface area contributed by atoms with E-state index in [1.165, 1.54) is 6.07 Å². The monoisotopic (exact) mass is 251 g/mol. The van der Waals surface area contributed by atoms with Crippen LogP contribution in [0.1, 0.15) is 12.0 Å². The molecule has 1 amide bonds. The van der Waals surface area contributed by atoms with Crippen LogP contribution in [0.5, 0.6) is 0 Å². The van der Waals surface area contributed by atoms with Crippen molar-refractivity contribution in [3.05, 3.63) is 35.6 Å². The largest absolute Gasteiger partial charge is 0.383 e. The average molecular weight is 251 g/mol. The van der Waals surface area contributed by atoms with Gasteiger partial charge < -0.3 is 9.64 Å². The summed E-state index contributed by atoms with van der Waals surface area (Å²) in [6, 6.07) is 6.60. The van der Waals surface area contributed by atoms with Crippen molar-refractivity contribution >= 4 is 5.91 Å². The summed E-state index contributed by atoms with van der Waals surface area (Å²) in [5.41, 5.74) is 0.960. The van der Waals surface area contributed by atoms with Crippen LogP contribution in [0.25, 0.3) is 0 Å². The molecule has 0 bridgehead atoms. The maximum atomic E-state index is 13.1. The van der Waals surface area contributed by atoms with Crippen molar-refractivity contribution in [3.8, 4) is 0 Å². The third-order valence-electron chi connectivity index (χ3n) is 3.27. The van der Waals surface area contributed by atoms with Crippen LogP contribution >= 0.6 is 0 Å². The maximum absolute atomic E-state index is 13.1. The lowest BCUT2D eigenvalue weighted by Crippen LogP contribution is -2.28. The number of carbonyl (C=O) groups is 1. The van der Waals surface area contributed by atoms with Gasteiger partial charge in [-0.25, -0.2) is 4.39 Å². The Morgan fingerprint density at radius 1 is 1.50 bits per heavy atom. The highest BCUT2D eigenvalue weighted by atomic mass is 19.1. The fourth-order valence-electron chi connectivity index (χ4n) is 2.41. The molecule has 1 aliphatic heterocycles. The highest BCUT2D eigenvalue weighted by Crippen LogP contribution is 2.22. The van der Waals surface area contributed by atoms with Gasteiger partial charge in [-0.1, -0.05) is 12.1 Å². The predicted octanol–water partition coefficient (Wildman–Crippen LogP) is 1.86. The lowest BCUT2D eigenvalue weighted by molar-refractivity contribution is -0.128. The molecule has 0 N–H and O–H groups in total. The van der Waals surface area contributed by atoms with Crippen molar-refractivity contribution in [2.75, 3.05) is 26.8 Å². The number of nitrogens with zero attached hydrogens (tertiary/aromatic N) is 1. The Morgan fingerprint density at radius 2 is 2.33 bits per heavy atom. The van der Waals surface area contributed by atoms with Crippen LogP contribution < -0.4 is 0 Å². The summed E-state index contributed by atoms with van der Waals surface area (Å²) in [5.74, 6) is 0.248. The van der Waals surface area contributed by atoms with E-state index >= 15 is 0 Å². The third-order valence-corrected chi connectivity index (χ3v) is 3.27. The number of hydrogen-bond acceptors (Lipinski definition) is 2. The van der Waals surface area contributed by atoms with Crippen molar-refractivity contribution in [1.29, 1.82) is 0 Å². The number of hydrogen-bond donors (Lipinski definition) is 0. The predicted molar refractivity (Wildman–Crippen MR) is 66.7 cm³/mol. The van der Waals surface area contributed by atoms with E-state index in [-0.39, 0.29) is 17.6 Å². The quantitative estimate of drug-likeness (QED) is 0.799. The maximum Gasteiger partial charge on any atom is 0.223 e. The fourth-order valence-corrected chi connectivity index (χ4v) is 2.41. The first-order valence-corrected chi connectivity index (χ1v) is 6.20. The molecular weight excluding hydrogens is 233 g/mol. The number of likely N-dealkylation sites (tertiary alicyclic amines) is 1. The van der Waals surface area contributed by atoms with Crippen LogP contribution in [-0.2, 0) is 16.0 Å². The van der Waals surface area contributed by atoms with Gasteiger partial charge in [0, 0.05) is 26.6 Å². The van der Waals surface area contributed by atoms with Crippen LogP contribution in [0.2, 0.25) is 0 Å². The molecule has 1 aliphatic rings. The topological polar surface area (TPSA) is 29.5 Å². The average Bonchev–Trinajstić information content (AvgIpc) is 2.67.